The summed E-state index contributed by atoms with van der Waals surface area (Å²) in [7, 11) is 0. The zero-order valence-electron chi connectivity index (χ0n) is 8.51. The first kappa shape index (κ1) is 9.51. The lowest BCUT2D eigenvalue weighted by molar-refractivity contribution is 0.660. The standard InChI is InChI=1S/C10H13N5/c1-2-15-7-9(6-13-15)14-10-5-8(11)3-4-12-10/h3-7H,2H2,1H3,(H3,11,12,14). The first-order valence-electron chi connectivity index (χ1n) is 4.79. The molecule has 0 bridgehead atoms. The Balaban J connectivity index is 2.14. The molecule has 0 saturated carbocycles. The minimum absolute atomic E-state index is 0.690. The summed E-state index contributed by atoms with van der Waals surface area (Å²) in [6.45, 7) is 2.89. The average Bonchev–Trinajstić information content (AvgIpc) is 2.65. The zero-order chi connectivity index (χ0) is 10.7. The van der Waals surface area contributed by atoms with Gasteiger partial charge in [0.1, 0.15) is 5.82 Å². The van der Waals surface area contributed by atoms with E-state index in [1.54, 1.807) is 24.5 Å². The van der Waals surface area contributed by atoms with Crippen LogP contribution in [0.3, 0.4) is 0 Å². The Kier molecular flexibility index (Phi) is 2.53. The monoisotopic (exact) mass is 203 g/mol. The number of hydrogen-bond acceptors (Lipinski definition) is 4. The van der Waals surface area contributed by atoms with Crippen molar-refractivity contribution < 1.29 is 0 Å². The third-order valence-electron chi connectivity index (χ3n) is 2.01. The van der Waals surface area contributed by atoms with Crippen molar-refractivity contribution in [3.05, 3.63) is 30.7 Å². The SMILES string of the molecule is CCn1cc(Nc2cc(N)ccn2)cn1. The highest BCUT2D eigenvalue weighted by atomic mass is 15.3. The zero-order valence-corrected chi connectivity index (χ0v) is 8.51. The van der Waals surface area contributed by atoms with Gasteiger partial charge in [-0.15, -0.1) is 0 Å². The van der Waals surface area contributed by atoms with Crippen LogP contribution in [-0.2, 0) is 6.54 Å². The molecule has 3 N–H and O–H groups in total. The molecule has 78 valence electrons. The van der Waals surface area contributed by atoms with Crippen molar-refractivity contribution in [3.63, 3.8) is 0 Å². The van der Waals surface area contributed by atoms with Crippen LogP contribution < -0.4 is 11.1 Å². The fourth-order valence-corrected chi connectivity index (χ4v) is 1.26. The fraction of sp³-hybridized carbons (Fsp3) is 0.200. The molecular formula is C10H13N5. The largest absolute Gasteiger partial charge is 0.399 e. The van der Waals surface area contributed by atoms with Crippen LogP contribution in [0, 0.1) is 0 Å². The lowest BCUT2D eigenvalue weighted by atomic mass is 10.4. The highest BCUT2D eigenvalue weighted by molar-refractivity contribution is 5.58. The summed E-state index contributed by atoms with van der Waals surface area (Å²) in [6.07, 6.45) is 5.35. The van der Waals surface area contributed by atoms with Crippen LogP contribution >= 0.6 is 0 Å². The maximum Gasteiger partial charge on any atom is 0.132 e. The Bertz CT molecular complexity index is 449. The molecule has 0 saturated heterocycles. The third-order valence-corrected chi connectivity index (χ3v) is 2.01. The Morgan fingerprint density at radius 1 is 1.53 bits per heavy atom. The first-order valence-corrected chi connectivity index (χ1v) is 4.79. The molecular weight excluding hydrogens is 190 g/mol. The molecule has 5 nitrogen and oxygen atoms in total. The number of aromatic nitrogens is 3. The van der Waals surface area contributed by atoms with Gasteiger partial charge in [0.05, 0.1) is 11.9 Å². The van der Waals surface area contributed by atoms with Crippen LogP contribution in [0.5, 0.6) is 0 Å². The van der Waals surface area contributed by atoms with E-state index < -0.39 is 0 Å². The van der Waals surface area contributed by atoms with Gasteiger partial charge in [0.25, 0.3) is 0 Å². The topological polar surface area (TPSA) is 68.8 Å². The fourth-order valence-electron chi connectivity index (χ4n) is 1.26. The quantitative estimate of drug-likeness (QED) is 0.795. The van der Waals surface area contributed by atoms with Crippen LogP contribution in [0.4, 0.5) is 17.2 Å². The van der Waals surface area contributed by atoms with Crippen molar-refractivity contribution in [1.29, 1.82) is 0 Å². The number of nitrogens with one attached hydrogen (secondary N) is 1. The van der Waals surface area contributed by atoms with Crippen molar-refractivity contribution in [2.75, 3.05) is 11.1 Å². The van der Waals surface area contributed by atoms with E-state index in [4.69, 9.17) is 5.73 Å². The normalized spacial score (nSPS) is 10.2. The van der Waals surface area contributed by atoms with Crippen LogP contribution in [-0.4, -0.2) is 14.8 Å². The Morgan fingerprint density at radius 3 is 3.07 bits per heavy atom. The smallest absolute Gasteiger partial charge is 0.132 e. The lowest BCUT2D eigenvalue weighted by Gasteiger charge is -2.02. The second-order valence-electron chi connectivity index (χ2n) is 3.18. The van der Waals surface area contributed by atoms with Crippen LogP contribution in [0.15, 0.2) is 30.7 Å². The predicted octanol–water partition coefficient (Wildman–Crippen LogP) is 1.62. The number of aryl methyl sites for hydroxylation is 1. The van der Waals surface area contributed by atoms with Gasteiger partial charge in [-0.1, -0.05) is 0 Å². The highest BCUT2D eigenvalue weighted by Crippen LogP contribution is 2.14. The molecule has 2 aromatic heterocycles. The van der Waals surface area contributed by atoms with Gasteiger partial charge in [0.15, 0.2) is 0 Å². The van der Waals surface area contributed by atoms with Gasteiger partial charge in [-0.3, -0.25) is 4.68 Å². The summed E-state index contributed by atoms with van der Waals surface area (Å²) < 4.78 is 1.84. The molecule has 0 aliphatic heterocycles. The van der Waals surface area contributed by atoms with E-state index in [1.807, 2.05) is 17.8 Å². The Labute approximate surface area is 87.9 Å². The molecule has 2 heterocycles. The number of rotatable bonds is 3. The van der Waals surface area contributed by atoms with Gasteiger partial charge in [-0.2, -0.15) is 5.10 Å². The average molecular weight is 203 g/mol. The summed E-state index contributed by atoms with van der Waals surface area (Å²) in [5.41, 5.74) is 7.24. The van der Waals surface area contributed by atoms with Crippen molar-refractivity contribution in [2.45, 2.75) is 13.5 Å². The van der Waals surface area contributed by atoms with Gasteiger partial charge in [-0.05, 0) is 13.0 Å². The maximum atomic E-state index is 5.64. The minimum Gasteiger partial charge on any atom is -0.399 e. The van der Waals surface area contributed by atoms with E-state index >= 15 is 0 Å². The third kappa shape index (κ3) is 2.25. The van der Waals surface area contributed by atoms with Gasteiger partial charge in [-0.25, -0.2) is 4.98 Å². The lowest BCUT2D eigenvalue weighted by Crippen LogP contribution is -1.95. The highest BCUT2D eigenvalue weighted by Gasteiger charge is 1.98. The van der Waals surface area contributed by atoms with Crippen molar-refractivity contribution in [1.82, 2.24) is 14.8 Å². The number of nitrogen functional groups attached to an aromatic ring is 1. The summed E-state index contributed by atoms with van der Waals surface area (Å²) in [5, 5.41) is 7.27. The number of anilines is 3. The summed E-state index contributed by atoms with van der Waals surface area (Å²) in [5.74, 6) is 0.727. The molecule has 0 radical (unpaired) electrons. The summed E-state index contributed by atoms with van der Waals surface area (Å²) >= 11 is 0. The van der Waals surface area contributed by atoms with E-state index in [0.717, 1.165) is 18.1 Å². The molecule has 0 unspecified atom stereocenters. The predicted molar refractivity (Wildman–Crippen MR) is 59.8 cm³/mol. The first-order chi connectivity index (χ1) is 7.28. The van der Waals surface area contributed by atoms with Gasteiger partial charge >= 0.3 is 0 Å². The van der Waals surface area contributed by atoms with Crippen LogP contribution in [0.25, 0.3) is 0 Å². The summed E-state index contributed by atoms with van der Waals surface area (Å²) in [6, 6.07) is 3.53. The number of hydrogen-bond donors (Lipinski definition) is 2. The van der Waals surface area contributed by atoms with Crippen molar-refractivity contribution >= 4 is 17.2 Å². The molecule has 0 aromatic carbocycles. The van der Waals surface area contributed by atoms with Gasteiger partial charge < -0.3 is 11.1 Å². The number of nitrogens with two attached hydrogens (primary N) is 1. The van der Waals surface area contributed by atoms with E-state index in [-0.39, 0.29) is 0 Å². The minimum atomic E-state index is 0.690. The molecule has 0 amide bonds. The molecule has 2 rings (SSSR count). The second kappa shape index (κ2) is 4.00. The Morgan fingerprint density at radius 2 is 2.40 bits per heavy atom. The van der Waals surface area contributed by atoms with Crippen LogP contribution in [0.2, 0.25) is 0 Å². The van der Waals surface area contributed by atoms with Gasteiger partial charge in [0, 0.05) is 30.7 Å². The van der Waals surface area contributed by atoms with Crippen molar-refractivity contribution in [2.24, 2.45) is 0 Å². The van der Waals surface area contributed by atoms with E-state index in [0.29, 0.717) is 5.69 Å². The second-order valence-corrected chi connectivity index (χ2v) is 3.18. The molecule has 0 aliphatic rings. The Hall–Kier alpha value is -2.04. The molecule has 0 atom stereocenters. The maximum absolute atomic E-state index is 5.64. The van der Waals surface area contributed by atoms with Gasteiger partial charge in [0.2, 0.25) is 0 Å². The number of pyridine rings is 1. The number of nitrogens with zero attached hydrogens (tertiary/aromatic N) is 3. The molecule has 5 heteroatoms. The molecule has 2 aromatic rings. The molecule has 15 heavy (non-hydrogen) atoms. The molecule has 0 spiro atoms. The van der Waals surface area contributed by atoms with Crippen molar-refractivity contribution in [3.8, 4) is 0 Å². The van der Waals surface area contributed by atoms with E-state index in [2.05, 4.69) is 15.4 Å². The van der Waals surface area contributed by atoms with E-state index in [9.17, 15) is 0 Å². The molecule has 0 aliphatic carbocycles. The van der Waals surface area contributed by atoms with E-state index in [1.165, 1.54) is 0 Å². The molecule has 0 fully saturated rings. The van der Waals surface area contributed by atoms with Crippen LogP contribution in [0.1, 0.15) is 6.92 Å². The summed E-state index contributed by atoms with van der Waals surface area (Å²) in [4.78, 5) is 4.14.